The standard InChI is InChI=1S/C10H10Cl2O2/c1-2-5-14-7-3-4-8(10(12)13)9(11)6-7/h3-4,6H,2,5H2,1H3. The molecule has 0 amide bonds. The molecule has 0 spiro atoms. The van der Waals surface area contributed by atoms with Gasteiger partial charge in [0.1, 0.15) is 5.75 Å². The lowest BCUT2D eigenvalue weighted by molar-refractivity contribution is 0.108. The van der Waals surface area contributed by atoms with Crippen LogP contribution in [0.2, 0.25) is 5.02 Å². The van der Waals surface area contributed by atoms with Crippen LogP contribution in [0.3, 0.4) is 0 Å². The van der Waals surface area contributed by atoms with E-state index in [9.17, 15) is 4.79 Å². The van der Waals surface area contributed by atoms with Crippen molar-refractivity contribution in [1.82, 2.24) is 0 Å². The van der Waals surface area contributed by atoms with Crippen LogP contribution in [0.15, 0.2) is 18.2 Å². The molecular formula is C10H10Cl2O2. The zero-order valence-electron chi connectivity index (χ0n) is 7.72. The van der Waals surface area contributed by atoms with Crippen LogP contribution in [0.25, 0.3) is 0 Å². The Kier molecular flexibility index (Phi) is 4.23. The molecule has 1 aromatic rings. The van der Waals surface area contributed by atoms with Gasteiger partial charge in [-0.25, -0.2) is 0 Å². The highest BCUT2D eigenvalue weighted by atomic mass is 35.5. The Balaban J connectivity index is 2.83. The Labute approximate surface area is 92.8 Å². The fourth-order valence-corrected chi connectivity index (χ4v) is 1.43. The Morgan fingerprint density at radius 3 is 2.71 bits per heavy atom. The lowest BCUT2D eigenvalue weighted by Gasteiger charge is -2.05. The number of hydrogen-bond donors (Lipinski definition) is 0. The Hall–Kier alpha value is -0.730. The van der Waals surface area contributed by atoms with E-state index in [1.807, 2.05) is 6.92 Å². The van der Waals surface area contributed by atoms with Gasteiger partial charge in [-0.3, -0.25) is 4.79 Å². The molecule has 1 aromatic carbocycles. The zero-order valence-corrected chi connectivity index (χ0v) is 9.23. The van der Waals surface area contributed by atoms with Crippen LogP contribution in [-0.2, 0) is 0 Å². The first-order valence-corrected chi connectivity index (χ1v) is 5.03. The summed E-state index contributed by atoms with van der Waals surface area (Å²) in [5.74, 6) is 0.651. The van der Waals surface area contributed by atoms with Gasteiger partial charge in [-0.15, -0.1) is 0 Å². The number of ether oxygens (including phenoxy) is 1. The van der Waals surface area contributed by atoms with Gasteiger partial charge in [0.25, 0.3) is 5.24 Å². The molecule has 0 aliphatic rings. The first-order valence-electron chi connectivity index (χ1n) is 4.27. The van der Waals surface area contributed by atoms with Crippen molar-refractivity contribution >= 4 is 28.4 Å². The van der Waals surface area contributed by atoms with E-state index in [0.717, 1.165) is 6.42 Å². The second-order valence-corrected chi connectivity index (χ2v) is 3.51. The summed E-state index contributed by atoms with van der Waals surface area (Å²) < 4.78 is 5.33. The molecule has 0 N–H and O–H groups in total. The summed E-state index contributed by atoms with van der Waals surface area (Å²) in [7, 11) is 0. The third-order valence-electron chi connectivity index (χ3n) is 1.63. The minimum absolute atomic E-state index is 0.303. The first kappa shape index (κ1) is 11.3. The van der Waals surface area contributed by atoms with Crippen LogP contribution < -0.4 is 4.74 Å². The molecule has 0 unspecified atom stereocenters. The topological polar surface area (TPSA) is 26.3 Å². The molecule has 4 heteroatoms. The number of halogens is 2. The molecule has 0 aromatic heterocycles. The third kappa shape index (κ3) is 2.89. The molecule has 2 nitrogen and oxygen atoms in total. The number of carbonyl (C=O) groups excluding carboxylic acids is 1. The molecule has 0 atom stereocenters. The SMILES string of the molecule is CCCOc1ccc(C(=O)Cl)c(Cl)c1. The average molecular weight is 233 g/mol. The monoisotopic (exact) mass is 232 g/mol. The first-order chi connectivity index (χ1) is 6.65. The number of hydrogen-bond acceptors (Lipinski definition) is 2. The van der Waals surface area contributed by atoms with Gasteiger partial charge >= 0.3 is 0 Å². The fraction of sp³-hybridized carbons (Fsp3) is 0.300. The molecule has 0 aliphatic heterocycles. The van der Waals surface area contributed by atoms with Gasteiger partial charge in [0, 0.05) is 0 Å². The maximum absolute atomic E-state index is 10.8. The predicted octanol–water partition coefficient (Wildman–Crippen LogP) is 3.51. The lowest BCUT2D eigenvalue weighted by atomic mass is 10.2. The fourth-order valence-electron chi connectivity index (χ4n) is 0.965. The maximum Gasteiger partial charge on any atom is 0.253 e. The molecule has 76 valence electrons. The van der Waals surface area contributed by atoms with Crippen LogP contribution in [-0.4, -0.2) is 11.8 Å². The van der Waals surface area contributed by atoms with Crippen LogP contribution >= 0.6 is 23.2 Å². The van der Waals surface area contributed by atoms with Crippen molar-refractivity contribution in [3.8, 4) is 5.75 Å². The van der Waals surface area contributed by atoms with Gasteiger partial charge in [-0.05, 0) is 36.2 Å². The summed E-state index contributed by atoms with van der Waals surface area (Å²) in [5, 5.41) is -0.240. The van der Waals surface area contributed by atoms with E-state index in [1.165, 1.54) is 0 Å². The van der Waals surface area contributed by atoms with Gasteiger partial charge in [0.15, 0.2) is 0 Å². The summed E-state index contributed by atoms with van der Waals surface area (Å²) in [5.41, 5.74) is 0.303. The Bertz CT molecular complexity index is 337. The Morgan fingerprint density at radius 2 is 2.21 bits per heavy atom. The van der Waals surface area contributed by atoms with Crippen molar-refractivity contribution in [3.05, 3.63) is 28.8 Å². The molecule has 0 saturated heterocycles. The number of rotatable bonds is 4. The third-order valence-corrected chi connectivity index (χ3v) is 2.14. The highest BCUT2D eigenvalue weighted by Crippen LogP contribution is 2.23. The van der Waals surface area contributed by atoms with Crippen molar-refractivity contribution in [2.24, 2.45) is 0 Å². The van der Waals surface area contributed by atoms with Gasteiger partial charge in [-0.2, -0.15) is 0 Å². The van der Waals surface area contributed by atoms with E-state index >= 15 is 0 Å². The van der Waals surface area contributed by atoms with Gasteiger partial charge in [-0.1, -0.05) is 18.5 Å². The summed E-state index contributed by atoms with van der Waals surface area (Å²) in [6.45, 7) is 2.64. The molecule has 0 radical (unpaired) electrons. The molecule has 0 bridgehead atoms. The predicted molar refractivity (Wildman–Crippen MR) is 57.4 cm³/mol. The normalized spacial score (nSPS) is 9.93. The molecule has 14 heavy (non-hydrogen) atoms. The average Bonchev–Trinajstić information content (AvgIpc) is 2.14. The van der Waals surface area contributed by atoms with E-state index in [-0.39, 0.29) is 0 Å². The van der Waals surface area contributed by atoms with Gasteiger partial charge in [0.05, 0.1) is 17.2 Å². The minimum Gasteiger partial charge on any atom is -0.494 e. The van der Waals surface area contributed by atoms with Gasteiger partial charge in [0.2, 0.25) is 0 Å². The van der Waals surface area contributed by atoms with Crippen LogP contribution in [0.1, 0.15) is 23.7 Å². The zero-order chi connectivity index (χ0) is 10.6. The van der Waals surface area contributed by atoms with E-state index in [1.54, 1.807) is 18.2 Å². The maximum atomic E-state index is 10.8. The second kappa shape index (κ2) is 5.23. The van der Waals surface area contributed by atoms with E-state index < -0.39 is 5.24 Å². The van der Waals surface area contributed by atoms with Crippen molar-refractivity contribution in [2.45, 2.75) is 13.3 Å². The molecule has 0 heterocycles. The highest BCUT2D eigenvalue weighted by molar-refractivity contribution is 6.68. The molecule has 1 rings (SSSR count). The largest absolute Gasteiger partial charge is 0.494 e. The van der Waals surface area contributed by atoms with Crippen molar-refractivity contribution in [2.75, 3.05) is 6.61 Å². The quantitative estimate of drug-likeness (QED) is 0.744. The van der Waals surface area contributed by atoms with Crippen molar-refractivity contribution in [3.63, 3.8) is 0 Å². The number of benzene rings is 1. The Morgan fingerprint density at radius 1 is 1.50 bits per heavy atom. The van der Waals surface area contributed by atoms with Crippen LogP contribution in [0.4, 0.5) is 0 Å². The highest BCUT2D eigenvalue weighted by Gasteiger charge is 2.08. The summed E-state index contributed by atoms with van der Waals surface area (Å²) in [6.07, 6.45) is 0.924. The molecular weight excluding hydrogens is 223 g/mol. The number of carbonyl (C=O) groups is 1. The van der Waals surface area contributed by atoms with Gasteiger partial charge < -0.3 is 4.74 Å². The summed E-state index contributed by atoms with van der Waals surface area (Å²) in [6, 6.07) is 4.83. The van der Waals surface area contributed by atoms with E-state index in [4.69, 9.17) is 27.9 Å². The van der Waals surface area contributed by atoms with Crippen LogP contribution in [0.5, 0.6) is 5.75 Å². The smallest absolute Gasteiger partial charge is 0.253 e. The van der Waals surface area contributed by atoms with E-state index in [2.05, 4.69) is 0 Å². The summed E-state index contributed by atoms with van der Waals surface area (Å²) in [4.78, 5) is 10.8. The molecule has 0 aliphatic carbocycles. The lowest BCUT2D eigenvalue weighted by Crippen LogP contribution is -1.96. The van der Waals surface area contributed by atoms with Crippen molar-refractivity contribution < 1.29 is 9.53 Å². The van der Waals surface area contributed by atoms with E-state index in [0.29, 0.717) is 22.9 Å². The summed E-state index contributed by atoms with van der Waals surface area (Å²) >= 11 is 11.1. The van der Waals surface area contributed by atoms with Crippen LogP contribution in [0, 0.1) is 0 Å². The second-order valence-electron chi connectivity index (χ2n) is 2.76. The van der Waals surface area contributed by atoms with Crippen molar-refractivity contribution in [1.29, 1.82) is 0 Å². The molecule has 0 saturated carbocycles. The molecule has 0 fully saturated rings. The minimum atomic E-state index is -0.558.